The molecule has 0 amide bonds. The molecule has 1 unspecified atom stereocenters. The highest BCUT2D eigenvalue weighted by molar-refractivity contribution is 7.79. The number of carbonyl (C=O) groups excluding carboxylic acids is 1. The summed E-state index contributed by atoms with van der Waals surface area (Å²) in [5.74, 6) is 1.08. The van der Waals surface area contributed by atoms with E-state index in [1.165, 1.54) is 0 Å². The highest BCUT2D eigenvalue weighted by Gasteiger charge is 2.24. The van der Waals surface area contributed by atoms with Crippen molar-refractivity contribution in [2.24, 2.45) is 0 Å². The molecule has 0 spiro atoms. The first kappa shape index (κ1) is 17.3. The highest BCUT2D eigenvalue weighted by atomic mass is 32.2. The van der Waals surface area contributed by atoms with Crippen molar-refractivity contribution in [1.29, 1.82) is 0 Å². The summed E-state index contributed by atoms with van der Waals surface area (Å²) in [5.41, 5.74) is 2.92. The second-order valence-corrected chi connectivity index (χ2v) is 7.09. The fourth-order valence-electron chi connectivity index (χ4n) is 3.04. The van der Waals surface area contributed by atoms with Crippen LogP contribution in [0.3, 0.4) is 0 Å². The van der Waals surface area contributed by atoms with Crippen molar-refractivity contribution in [3.05, 3.63) is 65.9 Å². The Balaban J connectivity index is 1.68. The van der Waals surface area contributed by atoms with E-state index in [2.05, 4.69) is 15.3 Å². The second kappa shape index (κ2) is 6.90. The largest absolute Gasteiger partial charge is 0.328 e. The molecule has 1 aliphatic heterocycles. The minimum Gasteiger partial charge on any atom is -0.328 e. The first-order valence-electron chi connectivity index (χ1n) is 8.23. The summed E-state index contributed by atoms with van der Waals surface area (Å²) in [6.07, 6.45) is 1.90. The number of nitrogens with one attached hydrogen (secondary N) is 1. The molecule has 0 fully saturated rings. The number of anilines is 4. The van der Waals surface area contributed by atoms with Crippen molar-refractivity contribution >= 4 is 40.0 Å². The fraction of sp³-hybridized carbons (Fsp3) is 0.105. The molecule has 3 aromatic rings. The van der Waals surface area contributed by atoms with Crippen LogP contribution in [-0.2, 0) is 17.5 Å². The van der Waals surface area contributed by atoms with Crippen LogP contribution < -0.4 is 10.2 Å². The van der Waals surface area contributed by atoms with Gasteiger partial charge in [-0.1, -0.05) is 12.1 Å². The van der Waals surface area contributed by atoms with Crippen LogP contribution in [0.5, 0.6) is 0 Å². The number of hydrogen-bond acceptors (Lipinski definition) is 6. The number of hydrogen-bond donors (Lipinski definition) is 2. The lowest BCUT2D eigenvalue weighted by atomic mass is 10.1. The van der Waals surface area contributed by atoms with Gasteiger partial charge in [-0.2, -0.15) is 4.98 Å². The van der Waals surface area contributed by atoms with Gasteiger partial charge >= 0.3 is 0 Å². The Morgan fingerprint density at radius 2 is 1.89 bits per heavy atom. The van der Waals surface area contributed by atoms with Crippen molar-refractivity contribution in [3.63, 3.8) is 0 Å². The number of Topliss-reactive ketones (excluding diaryl/α,β-unsaturated/α-hetero) is 1. The Hall–Kier alpha value is -3.10. The van der Waals surface area contributed by atoms with Crippen molar-refractivity contribution in [1.82, 2.24) is 9.97 Å². The lowest BCUT2D eigenvalue weighted by Crippen LogP contribution is -2.14. The molecule has 136 valence electrons. The Bertz CT molecular complexity index is 1050. The standard InChI is InChI=1S/C19H16N4O3S/c1-23-16-5-3-2-4-15(16)17(24)10-12-11-20-19(22-18(12)23)21-13-6-8-14(9-7-13)27(25)26/h2-9,11H,10H2,1H3,(H,25,26)(H,20,21,22). The maximum absolute atomic E-state index is 12.5. The molecule has 0 aliphatic carbocycles. The van der Waals surface area contributed by atoms with Gasteiger partial charge in [-0.3, -0.25) is 4.79 Å². The van der Waals surface area contributed by atoms with Gasteiger partial charge in [0.25, 0.3) is 0 Å². The Labute approximate surface area is 158 Å². The number of fused-ring (bicyclic) bond motifs is 2. The third-order valence-corrected chi connectivity index (χ3v) is 5.06. The smallest absolute Gasteiger partial charge is 0.229 e. The Morgan fingerprint density at radius 3 is 2.63 bits per heavy atom. The molecule has 2 N–H and O–H groups in total. The van der Waals surface area contributed by atoms with Gasteiger partial charge in [0.1, 0.15) is 5.82 Å². The zero-order chi connectivity index (χ0) is 19.0. The first-order chi connectivity index (χ1) is 13.0. The monoisotopic (exact) mass is 380 g/mol. The van der Waals surface area contributed by atoms with Gasteiger partial charge in [-0.25, -0.2) is 9.19 Å². The molecular formula is C19H16N4O3S. The first-order valence-corrected chi connectivity index (χ1v) is 9.33. The van der Waals surface area contributed by atoms with Crippen molar-refractivity contribution in [2.45, 2.75) is 11.3 Å². The van der Waals surface area contributed by atoms with Crippen LogP contribution in [0.2, 0.25) is 0 Å². The molecule has 0 saturated carbocycles. The molecule has 1 atom stereocenters. The predicted octanol–water partition coefficient (Wildman–Crippen LogP) is 3.31. The van der Waals surface area contributed by atoms with Crippen LogP contribution in [0.15, 0.2) is 59.6 Å². The number of para-hydroxylation sites is 1. The third-order valence-electron chi connectivity index (χ3n) is 4.39. The maximum Gasteiger partial charge on any atom is 0.229 e. The number of aromatic nitrogens is 2. The van der Waals surface area contributed by atoms with E-state index in [0.29, 0.717) is 27.9 Å². The highest BCUT2D eigenvalue weighted by Crippen LogP contribution is 2.33. The lowest BCUT2D eigenvalue weighted by molar-refractivity contribution is 0.0994. The number of ketones is 1. The molecule has 1 aliphatic rings. The summed E-state index contributed by atoms with van der Waals surface area (Å²) >= 11 is -2.01. The maximum atomic E-state index is 12.5. The van der Waals surface area contributed by atoms with Crippen LogP contribution in [0.4, 0.5) is 23.1 Å². The van der Waals surface area contributed by atoms with Gasteiger partial charge in [0.2, 0.25) is 5.95 Å². The van der Waals surface area contributed by atoms with Gasteiger partial charge in [0.05, 0.1) is 10.6 Å². The summed E-state index contributed by atoms with van der Waals surface area (Å²) in [6, 6.07) is 13.9. The van der Waals surface area contributed by atoms with Gasteiger partial charge in [0, 0.05) is 36.5 Å². The zero-order valence-corrected chi connectivity index (χ0v) is 15.2. The van der Waals surface area contributed by atoms with Crippen molar-refractivity contribution in [2.75, 3.05) is 17.3 Å². The van der Waals surface area contributed by atoms with E-state index >= 15 is 0 Å². The number of carbonyl (C=O) groups is 1. The quantitative estimate of drug-likeness (QED) is 0.673. The van der Waals surface area contributed by atoms with E-state index in [1.807, 2.05) is 36.2 Å². The van der Waals surface area contributed by atoms with E-state index in [4.69, 9.17) is 4.55 Å². The normalized spacial score (nSPS) is 14.1. The lowest BCUT2D eigenvalue weighted by Gasteiger charge is -2.20. The summed E-state index contributed by atoms with van der Waals surface area (Å²) in [6.45, 7) is 0. The molecular weight excluding hydrogens is 364 g/mol. The number of rotatable bonds is 3. The summed E-state index contributed by atoms with van der Waals surface area (Å²) in [4.78, 5) is 23.6. The predicted molar refractivity (Wildman–Crippen MR) is 103 cm³/mol. The van der Waals surface area contributed by atoms with Crippen LogP contribution in [0.1, 0.15) is 15.9 Å². The van der Waals surface area contributed by atoms with Crippen LogP contribution >= 0.6 is 0 Å². The molecule has 0 bridgehead atoms. The molecule has 1 aromatic heterocycles. The summed E-state index contributed by atoms with van der Waals surface area (Å²) < 4.78 is 20.1. The van der Waals surface area contributed by atoms with E-state index in [1.54, 1.807) is 30.5 Å². The van der Waals surface area contributed by atoms with E-state index in [-0.39, 0.29) is 12.2 Å². The molecule has 27 heavy (non-hydrogen) atoms. The van der Waals surface area contributed by atoms with Crippen LogP contribution in [0.25, 0.3) is 0 Å². The van der Waals surface area contributed by atoms with Crippen LogP contribution in [0, 0.1) is 0 Å². The van der Waals surface area contributed by atoms with Crippen LogP contribution in [-0.4, -0.2) is 31.6 Å². The molecule has 2 aromatic carbocycles. The molecule has 0 saturated heterocycles. The molecule has 2 heterocycles. The average Bonchev–Trinajstić information content (AvgIpc) is 2.78. The van der Waals surface area contributed by atoms with Crippen molar-refractivity contribution in [3.8, 4) is 0 Å². The molecule has 4 rings (SSSR count). The molecule has 0 radical (unpaired) electrons. The number of nitrogens with zero attached hydrogens (tertiary/aromatic N) is 3. The fourth-order valence-corrected chi connectivity index (χ4v) is 3.41. The number of benzene rings is 2. The van der Waals surface area contributed by atoms with Gasteiger partial charge in [-0.15, -0.1) is 0 Å². The third kappa shape index (κ3) is 3.32. The minimum absolute atomic E-state index is 0.0353. The van der Waals surface area contributed by atoms with E-state index in [9.17, 15) is 9.00 Å². The van der Waals surface area contributed by atoms with E-state index in [0.717, 1.165) is 11.3 Å². The van der Waals surface area contributed by atoms with Gasteiger partial charge in [-0.05, 0) is 36.4 Å². The average molecular weight is 380 g/mol. The van der Waals surface area contributed by atoms with Crippen molar-refractivity contribution < 1.29 is 13.6 Å². The Kier molecular flexibility index (Phi) is 4.43. The molecule has 8 heteroatoms. The van der Waals surface area contributed by atoms with E-state index < -0.39 is 11.1 Å². The minimum atomic E-state index is -2.01. The molecule has 7 nitrogen and oxygen atoms in total. The topological polar surface area (TPSA) is 95.4 Å². The SMILES string of the molecule is CN1c2ccccc2C(=O)Cc2cnc(Nc3ccc(S(=O)O)cc3)nc21. The Morgan fingerprint density at radius 1 is 1.15 bits per heavy atom. The summed E-state index contributed by atoms with van der Waals surface area (Å²) in [7, 11) is 1.87. The summed E-state index contributed by atoms with van der Waals surface area (Å²) in [5, 5.41) is 3.08. The van der Waals surface area contributed by atoms with Gasteiger partial charge in [0.15, 0.2) is 16.9 Å². The zero-order valence-electron chi connectivity index (χ0n) is 14.4. The van der Waals surface area contributed by atoms with Gasteiger partial charge < -0.3 is 14.8 Å². The second-order valence-electron chi connectivity index (χ2n) is 6.12.